The van der Waals surface area contributed by atoms with E-state index in [9.17, 15) is 19.8 Å². The third-order valence-electron chi connectivity index (χ3n) is 1.51. The molecule has 0 saturated carbocycles. The van der Waals surface area contributed by atoms with Crippen molar-refractivity contribution in [2.24, 2.45) is 0 Å². The van der Waals surface area contributed by atoms with Crippen molar-refractivity contribution in [1.82, 2.24) is 0 Å². The number of rotatable bonds is 3. The Morgan fingerprint density at radius 1 is 1.21 bits per heavy atom. The maximum absolute atomic E-state index is 9.24. The van der Waals surface area contributed by atoms with E-state index in [4.69, 9.17) is 10.2 Å². The Morgan fingerprint density at radius 2 is 1.58 bits per heavy atom. The molecule has 0 aromatic carbocycles. The molecule has 19 heavy (non-hydrogen) atoms. The van der Waals surface area contributed by atoms with Crippen molar-refractivity contribution in [2.75, 3.05) is 0 Å². The molecule has 0 bridgehead atoms. The molecule has 0 unspecified atom stereocenters. The molecule has 0 amide bonds. The van der Waals surface area contributed by atoms with Crippen molar-refractivity contribution in [3.63, 3.8) is 0 Å². The summed E-state index contributed by atoms with van der Waals surface area (Å²) >= 11 is 0.107. The second kappa shape index (κ2) is 11.3. The molecule has 6 nitrogen and oxygen atoms in total. The fourth-order valence-electron chi connectivity index (χ4n) is 0.602. The molecule has 7 heteroatoms. The summed E-state index contributed by atoms with van der Waals surface area (Å²) in [4.78, 5) is 18.5. The first kappa shape index (κ1) is 19.6. The van der Waals surface area contributed by atoms with Gasteiger partial charge in [-0.2, -0.15) is 0 Å². The summed E-state index contributed by atoms with van der Waals surface area (Å²) in [6.07, 6.45) is 7.91. The molecule has 1 rings (SSSR count). The average Bonchev–Trinajstić information content (AvgIpc) is 2.83. The number of carboxylic acid groups (broad SMARTS) is 2. The van der Waals surface area contributed by atoms with Crippen LogP contribution in [0.15, 0.2) is 46.7 Å². The Kier molecular flexibility index (Phi) is 11.7. The van der Waals surface area contributed by atoms with E-state index < -0.39 is 23.5 Å². The Hall–Kier alpha value is -1.76. The first-order valence-corrected chi connectivity index (χ1v) is 8.16. The van der Waals surface area contributed by atoms with Crippen molar-refractivity contribution < 1.29 is 49.8 Å². The Balaban J connectivity index is 0. The molecule has 1 aliphatic carbocycles. The van der Waals surface area contributed by atoms with Crippen LogP contribution in [0.5, 0.6) is 0 Å². The van der Waals surface area contributed by atoms with Gasteiger partial charge in [-0.05, 0) is 0 Å². The molecule has 0 radical (unpaired) electrons. The zero-order chi connectivity index (χ0) is 15.4. The molecule has 2 N–H and O–H groups in total. The van der Waals surface area contributed by atoms with E-state index >= 15 is 0 Å². The van der Waals surface area contributed by atoms with Gasteiger partial charge < -0.3 is 30.0 Å². The summed E-state index contributed by atoms with van der Waals surface area (Å²) in [5, 5.41) is 36.4. The van der Waals surface area contributed by atoms with E-state index in [0.29, 0.717) is 0 Å². The number of carbonyl (C=O) groups is 2. The van der Waals surface area contributed by atoms with Gasteiger partial charge in [0.1, 0.15) is 23.5 Å². The molecular weight excluding hydrogens is 333 g/mol. The van der Waals surface area contributed by atoms with Crippen molar-refractivity contribution in [3.8, 4) is 0 Å². The molecule has 0 heterocycles. The van der Waals surface area contributed by atoms with Crippen LogP contribution in [-0.2, 0) is 29.3 Å². The molecule has 1 aliphatic rings. The number of aliphatic carboxylic acids is 2. The van der Waals surface area contributed by atoms with Gasteiger partial charge in [0, 0.05) is 0 Å². The second-order valence-corrected chi connectivity index (χ2v) is 5.49. The molecule has 103 valence electrons. The van der Waals surface area contributed by atoms with Gasteiger partial charge in [-0.1, -0.05) is 13.2 Å². The van der Waals surface area contributed by atoms with Gasteiger partial charge >= 0.3 is 53.3 Å². The van der Waals surface area contributed by atoms with Crippen LogP contribution in [0.2, 0.25) is 5.14 Å². The summed E-state index contributed by atoms with van der Waals surface area (Å²) in [5.74, 6) is -5.13. The van der Waals surface area contributed by atoms with Gasteiger partial charge in [0.2, 0.25) is 0 Å². The van der Waals surface area contributed by atoms with E-state index in [0.717, 1.165) is 0 Å². The summed E-state index contributed by atoms with van der Waals surface area (Å²) in [6, 6.07) is 0. The van der Waals surface area contributed by atoms with Crippen LogP contribution in [0, 0.1) is 0 Å². The standard InChI is InChI=1S/C5H5.2C3H4O3.CH3.Nb/c1-2-4-5-3-1;2*1-2(4)3(5)6;;/h1-3H,4H2;2*4H,1H2,(H,5,6);1H3;/q;;;;+2/p-2. The number of allylic oxidation sites excluding steroid dienone is 4. The molecule has 0 saturated heterocycles. The van der Waals surface area contributed by atoms with Crippen LogP contribution in [0.4, 0.5) is 0 Å². The SMILES string of the molecule is C=C(O)C(=O)[O-].C=C(O)C(=O)[O-].[CH3][Nb+2][C]1=CC=CC1. The van der Waals surface area contributed by atoms with Crippen molar-refractivity contribution in [1.29, 1.82) is 0 Å². The number of aliphatic hydroxyl groups is 2. The molecule has 0 aromatic heterocycles. The van der Waals surface area contributed by atoms with E-state index in [-0.39, 0.29) is 19.8 Å². The fraction of sp³-hybridized carbons (Fsp3) is 0.167. The molecule has 0 spiro atoms. The van der Waals surface area contributed by atoms with Crippen molar-refractivity contribution >= 4 is 11.9 Å². The molecular formula is C12H14NbO6. The minimum atomic E-state index is -1.63. The summed E-state index contributed by atoms with van der Waals surface area (Å²) in [6.45, 7) is 5.30. The van der Waals surface area contributed by atoms with Gasteiger partial charge in [-0.15, -0.1) is 0 Å². The number of carboxylic acids is 2. The zero-order valence-electron chi connectivity index (χ0n) is 10.3. The van der Waals surface area contributed by atoms with Crippen LogP contribution >= 0.6 is 0 Å². The van der Waals surface area contributed by atoms with E-state index in [2.05, 4.69) is 36.5 Å². The molecule has 0 atom stereocenters. The van der Waals surface area contributed by atoms with Crippen molar-refractivity contribution in [3.05, 3.63) is 46.7 Å². The fourth-order valence-corrected chi connectivity index (χ4v) is 1.89. The van der Waals surface area contributed by atoms with Crippen LogP contribution < -0.4 is 10.2 Å². The van der Waals surface area contributed by atoms with Gasteiger partial charge in [0.15, 0.2) is 0 Å². The Labute approximate surface area is 120 Å². The topological polar surface area (TPSA) is 121 Å². The Bertz CT molecular complexity index is 360. The molecule has 0 fully saturated rings. The van der Waals surface area contributed by atoms with Crippen molar-refractivity contribution in [2.45, 2.75) is 11.6 Å². The van der Waals surface area contributed by atoms with Gasteiger partial charge in [-0.3, -0.25) is 0 Å². The number of hydrogen-bond acceptors (Lipinski definition) is 6. The maximum atomic E-state index is 9.24. The number of hydrogen-bond donors (Lipinski definition) is 2. The quantitative estimate of drug-likeness (QED) is 0.406. The van der Waals surface area contributed by atoms with E-state index in [1.807, 2.05) is 0 Å². The van der Waals surface area contributed by atoms with E-state index in [1.165, 1.54) is 6.42 Å². The molecule has 0 aromatic rings. The minimum absolute atomic E-state index is 0.107. The van der Waals surface area contributed by atoms with Crippen LogP contribution in [0.3, 0.4) is 0 Å². The summed E-state index contributed by atoms with van der Waals surface area (Å²) in [7, 11) is 0. The monoisotopic (exact) mass is 347 g/mol. The average molecular weight is 347 g/mol. The Morgan fingerprint density at radius 3 is 1.68 bits per heavy atom. The zero-order valence-corrected chi connectivity index (χ0v) is 12.5. The normalized spacial score (nSPS) is 10.7. The third kappa shape index (κ3) is 14.2. The number of aliphatic hydroxyl groups excluding tert-OH is 2. The van der Waals surface area contributed by atoms with Gasteiger partial charge in [0.25, 0.3) is 0 Å². The van der Waals surface area contributed by atoms with Gasteiger partial charge in [-0.25, -0.2) is 0 Å². The predicted octanol–water partition coefficient (Wildman–Crippen LogP) is -0.423. The first-order valence-electron chi connectivity index (χ1n) is 4.86. The summed E-state index contributed by atoms with van der Waals surface area (Å²) in [5.41, 5.74) is 0. The van der Waals surface area contributed by atoms with Crippen LogP contribution in [0.25, 0.3) is 0 Å². The first-order chi connectivity index (χ1) is 8.72. The van der Waals surface area contributed by atoms with Gasteiger partial charge in [0.05, 0.1) is 0 Å². The van der Waals surface area contributed by atoms with Crippen LogP contribution in [0.1, 0.15) is 6.42 Å². The summed E-state index contributed by atoms with van der Waals surface area (Å²) < 4.78 is 1.71. The predicted molar refractivity (Wildman–Crippen MR) is 61.3 cm³/mol. The third-order valence-corrected chi connectivity index (χ3v) is 3.74. The van der Waals surface area contributed by atoms with E-state index in [1.54, 1.807) is 3.79 Å². The molecule has 0 aliphatic heterocycles. The number of carbonyl (C=O) groups excluding carboxylic acids is 2. The van der Waals surface area contributed by atoms with Crippen LogP contribution in [-0.4, -0.2) is 22.2 Å². The second-order valence-electron chi connectivity index (χ2n) is 2.98.